The summed E-state index contributed by atoms with van der Waals surface area (Å²) in [6, 6.07) is 0. The number of carbonyl (C=O) groups is 1. The Bertz CT molecular complexity index is 894. The molecule has 0 amide bonds. The van der Waals surface area contributed by atoms with Crippen molar-refractivity contribution in [1.82, 2.24) is 0 Å². The summed E-state index contributed by atoms with van der Waals surface area (Å²) in [5, 5.41) is 32.4. The summed E-state index contributed by atoms with van der Waals surface area (Å²) in [4.78, 5) is 12.8. The Labute approximate surface area is 206 Å². The van der Waals surface area contributed by atoms with Gasteiger partial charge in [-0.15, -0.1) is 0 Å². The van der Waals surface area contributed by atoms with Crippen LogP contribution in [0.15, 0.2) is 12.2 Å². The first-order valence-corrected chi connectivity index (χ1v) is 13.9. The predicted molar refractivity (Wildman–Crippen MR) is 134 cm³/mol. The molecule has 0 aromatic carbocycles. The summed E-state index contributed by atoms with van der Waals surface area (Å²) in [7, 11) is 0. The third-order valence-electron chi connectivity index (χ3n) is 13.7. The molecule has 4 nitrogen and oxygen atoms in total. The van der Waals surface area contributed by atoms with Crippen molar-refractivity contribution >= 4 is 5.97 Å². The highest BCUT2D eigenvalue weighted by Crippen LogP contribution is 2.79. The van der Waals surface area contributed by atoms with E-state index in [1.54, 1.807) is 0 Å². The van der Waals surface area contributed by atoms with Crippen LogP contribution < -0.4 is 0 Å². The third-order valence-corrected chi connectivity index (χ3v) is 13.7. The monoisotopic (exact) mass is 472 g/mol. The number of aliphatic hydroxyl groups excluding tert-OH is 2. The SMILES string of the molecule is C=C(C)[C@@H]1CC[C@]2(C(=O)O)CC[C@]3(C)[C@H](CC[C@@H]4[C@@]5(C)[C@@H](CO)[C@H](O)C(C)(C)[C@@H]5CC[C@]43C)[C@@H]12. The lowest BCUT2D eigenvalue weighted by molar-refractivity contribution is -0.228. The van der Waals surface area contributed by atoms with Gasteiger partial charge in [-0.2, -0.15) is 0 Å². The normalized spacial score (nSPS) is 55.6. The van der Waals surface area contributed by atoms with Gasteiger partial charge in [0.2, 0.25) is 0 Å². The first-order chi connectivity index (χ1) is 15.7. The average Bonchev–Trinajstić information content (AvgIpc) is 3.22. The Kier molecular flexibility index (Phi) is 5.36. The van der Waals surface area contributed by atoms with Gasteiger partial charge in [0.25, 0.3) is 0 Å². The van der Waals surface area contributed by atoms with Crippen molar-refractivity contribution in [2.75, 3.05) is 6.61 Å². The van der Waals surface area contributed by atoms with Crippen molar-refractivity contribution in [3.63, 3.8) is 0 Å². The zero-order valence-electron chi connectivity index (χ0n) is 22.4. The molecule has 0 radical (unpaired) electrons. The molecule has 11 atom stereocenters. The summed E-state index contributed by atoms with van der Waals surface area (Å²) in [5.74, 6) is 1.07. The summed E-state index contributed by atoms with van der Waals surface area (Å²) in [5.41, 5.74) is 0.454. The van der Waals surface area contributed by atoms with Crippen LogP contribution in [0.25, 0.3) is 0 Å². The van der Waals surface area contributed by atoms with E-state index in [4.69, 9.17) is 0 Å². The number of fused-ring (bicyclic) bond motifs is 7. The molecule has 192 valence electrons. The van der Waals surface area contributed by atoms with Crippen molar-refractivity contribution in [3.05, 3.63) is 12.2 Å². The van der Waals surface area contributed by atoms with E-state index in [0.29, 0.717) is 23.7 Å². The number of aliphatic hydroxyl groups is 2. The molecule has 0 saturated heterocycles. The Morgan fingerprint density at radius 3 is 2.18 bits per heavy atom. The highest BCUT2D eigenvalue weighted by Gasteiger charge is 2.74. The van der Waals surface area contributed by atoms with Crippen molar-refractivity contribution in [3.8, 4) is 0 Å². The van der Waals surface area contributed by atoms with Crippen LogP contribution in [0.3, 0.4) is 0 Å². The van der Waals surface area contributed by atoms with Gasteiger partial charge in [0, 0.05) is 12.5 Å². The second-order valence-electron chi connectivity index (χ2n) is 14.6. The zero-order chi connectivity index (χ0) is 25.1. The van der Waals surface area contributed by atoms with E-state index in [9.17, 15) is 20.1 Å². The molecule has 0 aromatic rings. The van der Waals surface area contributed by atoms with Gasteiger partial charge >= 0.3 is 5.97 Å². The molecular formula is C30H48O4. The van der Waals surface area contributed by atoms with Crippen LogP contribution in [0.5, 0.6) is 0 Å². The van der Waals surface area contributed by atoms with Gasteiger partial charge in [-0.3, -0.25) is 4.79 Å². The van der Waals surface area contributed by atoms with Gasteiger partial charge in [0.05, 0.1) is 11.5 Å². The van der Waals surface area contributed by atoms with Crippen LogP contribution in [0.2, 0.25) is 0 Å². The van der Waals surface area contributed by atoms with Crippen LogP contribution in [-0.4, -0.2) is 34.0 Å². The van der Waals surface area contributed by atoms with Crippen molar-refractivity contribution in [2.24, 2.45) is 62.6 Å². The molecule has 0 unspecified atom stereocenters. The number of hydrogen-bond donors (Lipinski definition) is 3. The molecule has 5 rings (SSSR count). The van der Waals surface area contributed by atoms with E-state index < -0.39 is 17.5 Å². The highest BCUT2D eigenvalue weighted by atomic mass is 16.4. The maximum Gasteiger partial charge on any atom is 0.309 e. The predicted octanol–water partition coefficient (Wildman–Crippen LogP) is 5.92. The van der Waals surface area contributed by atoms with Crippen LogP contribution >= 0.6 is 0 Å². The van der Waals surface area contributed by atoms with Crippen LogP contribution in [-0.2, 0) is 4.79 Å². The standard InChI is InChI=1S/C30H48O4/c1-17(2)18-10-13-30(25(33)34)15-14-27(5)19(23(18)30)8-9-22-28(27,6)12-11-21-26(3,4)24(32)20(16-31)29(21,22)7/h18-24,31-32H,1,8-16H2,2-7H3,(H,33,34)/t18-,19+,20-,21-,22-,23+,24-,27+,28+,29-,30-/m0/s1. The smallest absolute Gasteiger partial charge is 0.309 e. The fraction of sp³-hybridized carbons (Fsp3) is 0.900. The van der Waals surface area contributed by atoms with E-state index in [2.05, 4.69) is 48.1 Å². The molecular weight excluding hydrogens is 424 g/mol. The molecule has 5 aliphatic rings. The van der Waals surface area contributed by atoms with E-state index >= 15 is 0 Å². The number of allylic oxidation sites excluding steroid dienone is 1. The lowest BCUT2D eigenvalue weighted by Crippen LogP contribution is -2.65. The summed E-state index contributed by atoms with van der Waals surface area (Å²) >= 11 is 0. The maximum absolute atomic E-state index is 12.8. The minimum Gasteiger partial charge on any atom is -0.481 e. The van der Waals surface area contributed by atoms with Gasteiger partial charge in [0.15, 0.2) is 0 Å². The molecule has 4 heteroatoms. The molecule has 34 heavy (non-hydrogen) atoms. The first-order valence-electron chi connectivity index (χ1n) is 13.9. The molecule has 5 saturated carbocycles. The second kappa shape index (κ2) is 7.34. The van der Waals surface area contributed by atoms with Gasteiger partial charge in [-0.25, -0.2) is 0 Å². The molecule has 0 spiro atoms. The number of aliphatic carboxylic acids is 1. The fourth-order valence-electron chi connectivity index (χ4n) is 11.9. The second-order valence-corrected chi connectivity index (χ2v) is 14.6. The number of hydrogen-bond acceptors (Lipinski definition) is 3. The van der Waals surface area contributed by atoms with Crippen molar-refractivity contribution < 1.29 is 20.1 Å². The molecule has 3 N–H and O–H groups in total. The van der Waals surface area contributed by atoms with Gasteiger partial charge in [0.1, 0.15) is 0 Å². The Balaban J connectivity index is 1.60. The molecule has 0 aromatic heterocycles. The van der Waals surface area contributed by atoms with E-state index in [0.717, 1.165) is 51.4 Å². The average molecular weight is 473 g/mol. The lowest BCUT2D eigenvalue weighted by Gasteiger charge is -2.70. The van der Waals surface area contributed by atoms with Gasteiger partial charge in [-0.05, 0) is 110 Å². The molecule has 0 aliphatic heterocycles. The molecule has 5 fully saturated rings. The quantitative estimate of drug-likeness (QED) is 0.446. The maximum atomic E-state index is 12.8. The minimum absolute atomic E-state index is 0.0484. The number of carboxylic acids is 1. The molecule has 5 aliphatic carbocycles. The first kappa shape index (κ1) is 24.8. The van der Waals surface area contributed by atoms with Crippen molar-refractivity contribution in [1.29, 1.82) is 0 Å². The summed E-state index contributed by atoms with van der Waals surface area (Å²) in [6.07, 6.45) is 7.42. The van der Waals surface area contributed by atoms with E-state index in [1.165, 1.54) is 5.57 Å². The Hall–Kier alpha value is -0.870. The van der Waals surface area contributed by atoms with Gasteiger partial charge < -0.3 is 15.3 Å². The summed E-state index contributed by atoms with van der Waals surface area (Å²) in [6.45, 7) is 18.3. The fourth-order valence-corrected chi connectivity index (χ4v) is 11.9. The summed E-state index contributed by atoms with van der Waals surface area (Å²) < 4.78 is 0. The van der Waals surface area contributed by atoms with Crippen LogP contribution in [0.4, 0.5) is 0 Å². The molecule has 0 heterocycles. The molecule has 0 bridgehead atoms. The van der Waals surface area contributed by atoms with E-state index in [1.807, 2.05) is 0 Å². The van der Waals surface area contributed by atoms with Crippen LogP contribution in [0, 0.1) is 62.6 Å². The third kappa shape index (κ3) is 2.61. The van der Waals surface area contributed by atoms with Crippen LogP contribution in [0.1, 0.15) is 92.9 Å². The zero-order valence-corrected chi connectivity index (χ0v) is 22.4. The number of rotatable bonds is 3. The Morgan fingerprint density at radius 1 is 0.912 bits per heavy atom. The lowest BCUT2D eigenvalue weighted by atomic mass is 9.34. The Morgan fingerprint density at radius 2 is 1.59 bits per heavy atom. The van der Waals surface area contributed by atoms with Gasteiger partial charge in [-0.1, -0.05) is 46.8 Å². The van der Waals surface area contributed by atoms with E-state index in [-0.39, 0.29) is 40.1 Å². The largest absolute Gasteiger partial charge is 0.481 e. The number of carboxylic acid groups (broad SMARTS) is 1. The minimum atomic E-state index is -0.586. The van der Waals surface area contributed by atoms with Crippen molar-refractivity contribution in [2.45, 2.75) is 99.0 Å². The topological polar surface area (TPSA) is 77.8 Å². The highest BCUT2D eigenvalue weighted by molar-refractivity contribution is 5.76.